The molecule has 0 unspecified atom stereocenters. The molecule has 1 aliphatic rings. The van der Waals surface area contributed by atoms with E-state index in [9.17, 15) is 4.79 Å². The molecular weight excluding hydrogens is 246 g/mol. The van der Waals surface area contributed by atoms with Gasteiger partial charge in [-0.15, -0.1) is 11.6 Å². The summed E-state index contributed by atoms with van der Waals surface area (Å²) in [4.78, 5) is 12.0. The lowest BCUT2D eigenvalue weighted by Gasteiger charge is -2.25. The molecule has 18 heavy (non-hydrogen) atoms. The lowest BCUT2D eigenvalue weighted by atomic mass is 9.94. The van der Waals surface area contributed by atoms with Crippen molar-refractivity contribution in [2.45, 2.75) is 50.4 Å². The Kier molecular flexibility index (Phi) is 4.65. The van der Waals surface area contributed by atoms with Gasteiger partial charge in [-0.3, -0.25) is 4.79 Å². The average Bonchev–Trinajstić information content (AvgIpc) is 2.35. The number of alkyl halides is 1. The van der Waals surface area contributed by atoms with Crippen LogP contribution in [0.3, 0.4) is 0 Å². The van der Waals surface area contributed by atoms with E-state index in [2.05, 4.69) is 5.32 Å². The summed E-state index contributed by atoms with van der Waals surface area (Å²) in [5, 5.41) is 3.42. The first-order valence-electron chi connectivity index (χ1n) is 6.63. The van der Waals surface area contributed by atoms with Gasteiger partial charge in [-0.2, -0.15) is 0 Å². The quantitative estimate of drug-likeness (QED) is 0.836. The minimum atomic E-state index is 0.127. The first kappa shape index (κ1) is 13.4. The summed E-state index contributed by atoms with van der Waals surface area (Å²) in [5.74, 6) is 0.127. The zero-order valence-corrected chi connectivity index (χ0v) is 11.5. The third kappa shape index (κ3) is 3.74. The number of rotatable bonds is 3. The van der Waals surface area contributed by atoms with Crippen LogP contribution in [0.1, 0.15) is 36.8 Å². The molecule has 0 spiro atoms. The summed E-state index contributed by atoms with van der Waals surface area (Å²) < 4.78 is 0. The molecule has 0 aliphatic heterocycles. The van der Waals surface area contributed by atoms with Gasteiger partial charge in [0.25, 0.3) is 0 Å². The predicted octanol–water partition coefficient (Wildman–Crippen LogP) is 3.20. The van der Waals surface area contributed by atoms with Gasteiger partial charge in [-0.25, -0.2) is 0 Å². The highest BCUT2D eigenvalue weighted by molar-refractivity contribution is 6.20. The average molecular weight is 266 g/mol. The van der Waals surface area contributed by atoms with E-state index in [1.165, 1.54) is 5.56 Å². The Morgan fingerprint density at radius 3 is 2.61 bits per heavy atom. The van der Waals surface area contributed by atoms with Gasteiger partial charge in [0.2, 0.25) is 5.91 Å². The largest absolute Gasteiger partial charge is 0.353 e. The lowest BCUT2D eigenvalue weighted by molar-refractivity contribution is -0.121. The van der Waals surface area contributed by atoms with Crippen molar-refractivity contribution in [3.8, 4) is 0 Å². The van der Waals surface area contributed by atoms with Gasteiger partial charge in [-0.1, -0.05) is 24.3 Å². The molecule has 98 valence electrons. The van der Waals surface area contributed by atoms with E-state index in [0.29, 0.717) is 17.8 Å². The number of aryl methyl sites for hydroxylation is 1. The molecule has 0 atom stereocenters. The number of carbonyl (C=O) groups excluding carboxylic acids is 1. The van der Waals surface area contributed by atoms with Gasteiger partial charge in [0.05, 0.1) is 6.42 Å². The van der Waals surface area contributed by atoms with Crippen molar-refractivity contribution in [3.05, 3.63) is 35.4 Å². The molecule has 2 rings (SSSR count). The molecule has 1 fully saturated rings. The number of carbonyl (C=O) groups is 1. The predicted molar refractivity (Wildman–Crippen MR) is 74.9 cm³/mol. The van der Waals surface area contributed by atoms with Crippen molar-refractivity contribution in [1.29, 1.82) is 0 Å². The molecule has 1 saturated carbocycles. The monoisotopic (exact) mass is 265 g/mol. The topological polar surface area (TPSA) is 29.1 Å². The van der Waals surface area contributed by atoms with Crippen molar-refractivity contribution in [2.24, 2.45) is 0 Å². The second-order valence-corrected chi connectivity index (χ2v) is 5.74. The molecule has 3 heteroatoms. The molecule has 0 aromatic heterocycles. The Bertz CT molecular complexity index is 411. The van der Waals surface area contributed by atoms with Gasteiger partial charge < -0.3 is 5.32 Å². The maximum absolute atomic E-state index is 12.0. The molecule has 1 amide bonds. The number of amides is 1. The highest BCUT2D eigenvalue weighted by atomic mass is 35.5. The summed E-state index contributed by atoms with van der Waals surface area (Å²) in [6.07, 6.45) is 4.52. The third-order valence-electron chi connectivity index (χ3n) is 3.63. The Balaban J connectivity index is 1.84. The van der Waals surface area contributed by atoms with Crippen LogP contribution in [0, 0.1) is 6.92 Å². The van der Waals surface area contributed by atoms with Gasteiger partial charge in [-0.05, 0) is 43.7 Å². The highest BCUT2D eigenvalue weighted by Gasteiger charge is 2.20. The number of nitrogens with one attached hydrogen (secondary N) is 1. The van der Waals surface area contributed by atoms with E-state index in [1.807, 2.05) is 31.2 Å². The van der Waals surface area contributed by atoms with E-state index < -0.39 is 0 Å². The summed E-state index contributed by atoms with van der Waals surface area (Å²) >= 11 is 6.06. The standard InChI is InChI=1S/C15H20ClNO/c1-11-4-2-3-5-12(11)10-15(18)17-14-8-6-13(16)7-9-14/h2-5,13-14H,6-10H2,1H3,(H,17,18). The second-order valence-electron chi connectivity index (χ2n) is 5.12. The number of hydrogen-bond donors (Lipinski definition) is 1. The van der Waals surface area contributed by atoms with E-state index in [-0.39, 0.29) is 5.91 Å². The Labute approximate surface area is 114 Å². The fraction of sp³-hybridized carbons (Fsp3) is 0.533. The van der Waals surface area contributed by atoms with Crippen LogP contribution >= 0.6 is 11.6 Å². The van der Waals surface area contributed by atoms with Crippen molar-refractivity contribution in [3.63, 3.8) is 0 Å². The summed E-state index contributed by atoms with van der Waals surface area (Å²) in [7, 11) is 0. The van der Waals surface area contributed by atoms with Crippen LogP contribution < -0.4 is 5.32 Å². The van der Waals surface area contributed by atoms with E-state index in [4.69, 9.17) is 11.6 Å². The molecule has 1 N–H and O–H groups in total. The summed E-state index contributed by atoms with van der Waals surface area (Å²) in [6.45, 7) is 2.04. The fourth-order valence-electron chi connectivity index (χ4n) is 2.46. The van der Waals surface area contributed by atoms with Gasteiger partial charge in [0.1, 0.15) is 0 Å². The first-order valence-corrected chi connectivity index (χ1v) is 7.06. The maximum atomic E-state index is 12.0. The van der Waals surface area contributed by atoms with Crippen molar-refractivity contribution >= 4 is 17.5 Å². The maximum Gasteiger partial charge on any atom is 0.224 e. The Morgan fingerprint density at radius 1 is 1.28 bits per heavy atom. The number of halogens is 1. The zero-order chi connectivity index (χ0) is 13.0. The van der Waals surface area contributed by atoms with Gasteiger partial charge in [0.15, 0.2) is 0 Å². The Morgan fingerprint density at radius 2 is 1.94 bits per heavy atom. The highest BCUT2D eigenvalue weighted by Crippen LogP contribution is 2.22. The lowest BCUT2D eigenvalue weighted by Crippen LogP contribution is -2.38. The number of hydrogen-bond acceptors (Lipinski definition) is 1. The molecule has 0 saturated heterocycles. The smallest absolute Gasteiger partial charge is 0.224 e. The molecule has 1 aromatic carbocycles. The SMILES string of the molecule is Cc1ccccc1CC(=O)NC1CCC(Cl)CC1. The van der Waals surface area contributed by atoms with Crippen LogP contribution in [-0.4, -0.2) is 17.3 Å². The van der Waals surface area contributed by atoms with Crippen LogP contribution in [0.5, 0.6) is 0 Å². The third-order valence-corrected chi connectivity index (χ3v) is 4.07. The second kappa shape index (κ2) is 6.24. The molecule has 1 aromatic rings. The van der Waals surface area contributed by atoms with Gasteiger partial charge >= 0.3 is 0 Å². The Hall–Kier alpha value is -1.02. The molecule has 2 nitrogen and oxygen atoms in total. The van der Waals surface area contributed by atoms with E-state index in [0.717, 1.165) is 31.2 Å². The zero-order valence-electron chi connectivity index (χ0n) is 10.8. The molecule has 0 radical (unpaired) electrons. The van der Waals surface area contributed by atoms with E-state index in [1.54, 1.807) is 0 Å². The van der Waals surface area contributed by atoms with Crippen molar-refractivity contribution in [2.75, 3.05) is 0 Å². The van der Waals surface area contributed by atoms with Crippen LogP contribution in [0.2, 0.25) is 0 Å². The minimum Gasteiger partial charge on any atom is -0.353 e. The van der Waals surface area contributed by atoms with Gasteiger partial charge in [0, 0.05) is 11.4 Å². The molecule has 0 heterocycles. The van der Waals surface area contributed by atoms with Crippen LogP contribution in [0.4, 0.5) is 0 Å². The first-order chi connectivity index (χ1) is 8.65. The fourth-order valence-corrected chi connectivity index (χ4v) is 2.71. The van der Waals surface area contributed by atoms with Crippen LogP contribution in [0.15, 0.2) is 24.3 Å². The van der Waals surface area contributed by atoms with Crippen LogP contribution in [-0.2, 0) is 11.2 Å². The normalized spacial score (nSPS) is 23.7. The minimum absolute atomic E-state index is 0.127. The molecular formula is C15H20ClNO. The van der Waals surface area contributed by atoms with Crippen LogP contribution in [0.25, 0.3) is 0 Å². The molecule has 0 bridgehead atoms. The summed E-state index contributed by atoms with van der Waals surface area (Å²) in [6, 6.07) is 8.36. The van der Waals surface area contributed by atoms with Crippen molar-refractivity contribution < 1.29 is 4.79 Å². The van der Waals surface area contributed by atoms with Crippen molar-refractivity contribution in [1.82, 2.24) is 5.32 Å². The van der Waals surface area contributed by atoms with E-state index >= 15 is 0 Å². The summed E-state index contributed by atoms with van der Waals surface area (Å²) in [5.41, 5.74) is 2.29. The molecule has 1 aliphatic carbocycles. The number of benzene rings is 1.